The minimum Gasteiger partial charge on any atom is -0.447 e. The molecule has 0 amide bonds. The van der Waals surface area contributed by atoms with Gasteiger partial charge in [0.2, 0.25) is 5.09 Å². The molecular formula is C13H22N2O5S. The molecule has 0 saturated carbocycles. The number of rotatable bonds is 7. The number of morpholine rings is 1. The molecule has 1 atom stereocenters. The maximum absolute atomic E-state index is 12.5. The van der Waals surface area contributed by atoms with E-state index in [-0.39, 0.29) is 11.1 Å². The van der Waals surface area contributed by atoms with E-state index in [1.54, 1.807) is 13.2 Å². The van der Waals surface area contributed by atoms with Crippen molar-refractivity contribution in [2.75, 3.05) is 40.0 Å². The van der Waals surface area contributed by atoms with Gasteiger partial charge in [0, 0.05) is 26.2 Å². The van der Waals surface area contributed by atoms with Crippen LogP contribution in [0.25, 0.3) is 0 Å². The monoisotopic (exact) mass is 318 g/mol. The van der Waals surface area contributed by atoms with Crippen molar-refractivity contribution in [3.8, 4) is 0 Å². The van der Waals surface area contributed by atoms with Crippen molar-refractivity contribution >= 4 is 10.0 Å². The summed E-state index contributed by atoms with van der Waals surface area (Å²) in [7, 11) is -1.96. The molecule has 0 radical (unpaired) electrons. The molecular weight excluding hydrogens is 296 g/mol. The predicted octanol–water partition coefficient (Wildman–Crippen LogP) is 0.425. The van der Waals surface area contributed by atoms with Crippen LogP contribution < -0.4 is 5.32 Å². The Morgan fingerprint density at radius 1 is 1.48 bits per heavy atom. The molecule has 1 aromatic heterocycles. The molecule has 0 spiro atoms. The van der Waals surface area contributed by atoms with Crippen molar-refractivity contribution in [1.29, 1.82) is 0 Å². The Hall–Kier alpha value is -0.930. The second kappa shape index (κ2) is 7.37. The molecule has 0 aromatic carbocycles. The van der Waals surface area contributed by atoms with Crippen molar-refractivity contribution in [1.82, 2.24) is 9.62 Å². The number of ether oxygens (including phenoxy) is 2. The highest BCUT2D eigenvalue weighted by molar-refractivity contribution is 7.89. The largest absolute Gasteiger partial charge is 0.447 e. The summed E-state index contributed by atoms with van der Waals surface area (Å²) in [5.41, 5.74) is 0. The van der Waals surface area contributed by atoms with E-state index in [0.717, 1.165) is 0 Å². The van der Waals surface area contributed by atoms with Gasteiger partial charge in [0.05, 0.1) is 26.4 Å². The summed E-state index contributed by atoms with van der Waals surface area (Å²) in [5, 5.41) is 3.09. The van der Waals surface area contributed by atoms with Gasteiger partial charge in [-0.3, -0.25) is 0 Å². The van der Waals surface area contributed by atoms with E-state index in [0.29, 0.717) is 45.2 Å². The van der Waals surface area contributed by atoms with Crippen LogP contribution in [0, 0.1) is 0 Å². The summed E-state index contributed by atoms with van der Waals surface area (Å²) in [6.07, 6.45) is 0. The number of sulfonamides is 1. The van der Waals surface area contributed by atoms with Crippen LogP contribution >= 0.6 is 0 Å². The second-order valence-corrected chi connectivity index (χ2v) is 6.75. The lowest BCUT2D eigenvalue weighted by Gasteiger charge is -2.31. The number of furan rings is 1. The maximum Gasteiger partial charge on any atom is 0.276 e. The Morgan fingerprint density at radius 3 is 3.00 bits per heavy atom. The van der Waals surface area contributed by atoms with Gasteiger partial charge in [-0.2, -0.15) is 4.31 Å². The van der Waals surface area contributed by atoms with E-state index in [1.165, 1.54) is 10.4 Å². The number of hydrogen-bond acceptors (Lipinski definition) is 6. The van der Waals surface area contributed by atoms with Crippen molar-refractivity contribution < 1.29 is 22.3 Å². The first kappa shape index (κ1) is 16.4. The Kier molecular flexibility index (Phi) is 5.77. The molecule has 120 valence electrons. The smallest absolute Gasteiger partial charge is 0.276 e. The third-order valence-electron chi connectivity index (χ3n) is 3.29. The van der Waals surface area contributed by atoms with E-state index in [1.807, 2.05) is 6.92 Å². The van der Waals surface area contributed by atoms with Gasteiger partial charge in [0.1, 0.15) is 5.76 Å². The fourth-order valence-corrected chi connectivity index (χ4v) is 3.70. The normalized spacial score (nSPS) is 20.8. The van der Waals surface area contributed by atoms with Crippen LogP contribution in [-0.2, 0) is 26.0 Å². The van der Waals surface area contributed by atoms with Crippen LogP contribution in [0.3, 0.4) is 0 Å². The Balaban J connectivity index is 2.02. The van der Waals surface area contributed by atoms with Crippen molar-refractivity contribution in [2.24, 2.45) is 0 Å². The van der Waals surface area contributed by atoms with Crippen LogP contribution in [-0.4, -0.2) is 58.8 Å². The standard InChI is InChI=1S/C13H22N2O5S/c1-11-10-19-8-6-15(11)21(16,17)13-4-3-12(20-13)9-14-5-7-18-2/h3-4,11,14H,5-10H2,1-2H3. The molecule has 1 saturated heterocycles. The van der Waals surface area contributed by atoms with Crippen LogP contribution in [0.5, 0.6) is 0 Å². The topological polar surface area (TPSA) is 81.0 Å². The summed E-state index contributed by atoms with van der Waals surface area (Å²) >= 11 is 0. The van der Waals surface area contributed by atoms with Crippen LogP contribution in [0.15, 0.2) is 21.6 Å². The van der Waals surface area contributed by atoms with Crippen LogP contribution in [0.4, 0.5) is 0 Å². The van der Waals surface area contributed by atoms with Gasteiger partial charge < -0.3 is 19.2 Å². The first-order chi connectivity index (χ1) is 10.1. The molecule has 1 unspecified atom stereocenters. The molecule has 0 bridgehead atoms. The van der Waals surface area contributed by atoms with Gasteiger partial charge in [-0.1, -0.05) is 0 Å². The molecule has 8 heteroatoms. The van der Waals surface area contributed by atoms with Gasteiger partial charge >= 0.3 is 0 Å². The summed E-state index contributed by atoms with van der Waals surface area (Å²) in [6.45, 7) is 4.74. The fraction of sp³-hybridized carbons (Fsp3) is 0.692. The zero-order valence-corrected chi connectivity index (χ0v) is 13.2. The van der Waals surface area contributed by atoms with Crippen molar-refractivity contribution in [3.63, 3.8) is 0 Å². The quantitative estimate of drug-likeness (QED) is 0.734. The fourth-order valence-electron chi connectivity index (χ4n) is 2.16. The van der Waals surface area contributed by atoms with Gasteiger partial charge in [-0.05, 0) is 19.1 Å². The first-order valence-electron chi connectivity index (χ1n) is 6.93. The van der Waals surface area contributed by atoms with E-state index in [9.17, 15) is 8.42 Å². The van der Waals surface area contributed by atoms with Crippen molar-refractivity contribution in [3.05, 3.63) is 17.9 Å². The van der Waals surface area contributed by atoms with E-state index in [2.05, 4.69) is 5.32 Å². The second-order valence-electron chi connectivity index (χ2n) is 4.93. The molecule has 2 heterocycles. The summed E-state index contributed by atoms with van der Waals surface area (Å²) in [5.74, 6) is 0.589. The Labute approximate surface area is 125 Å². The lowest BCUT2D eigenvalue weighted by Crippen LogP contribution is -2.46. The predicted molar refractivity (Wildman–Crippen MR) is 76.5 cm³/mol. The lowest BCUT2D eigenvalue weighted by atomic mass is 10.3. The highest BCUT2D eigenvalue weighted by Gasteiger charge is 2.33. The molecule has 1 N–H and O–H groups in total. The molecule has 1 aliphatic heterocycles. The number of methoxy groups -OCH3 is 1. The molecule has 1 aliphatic rings. The van der Waals surface area contributed by atoms with Crippen LogP contribution in [0.2, 0.25) is 0 Å². The summed E-state index contributed by atoms with van der Waals surface area (Å²) in [4.78, 5) is 0. The Morgan fingerprint density at radius 2 is 2.29 bits per heavy atom. The molecule has 2 rings (SSSR count). The number of hydrogen-bond donors (Lipinski definition) is 1. The first-order valence-corrected chi connectivity index (χ1v) is 8.37. The number of nitrogens with one attached hydrogen (secondary N) is 1. The lowest BCUT2D eigenvalue weighted by molar-refractivity contribution is 0.0386. The minimum absolute atomic E-state index is 0.0141. The van der Waals surface area contributed by atoms with E-state index in [4.69, 9.17) is 13.9 Å². The molecule has 7 nitrogen and oxygen atoms in total. The Bertz CT molecular complexity index is 543. The molecule has 0 aliphatic carbocycles. The average Bonchev–Trinajstić information content (AvgIpc) is 2.93. The third-order valence-corrected chi connectivity index (χ3v) is 5.18. The molecule has 1 aromatic rings. The number of nitrogens with zero attached hydrogens (tertiary/aromatic N) is 1. The summed E-state index contributed by atoms with van der Waals surface area (Å²) in [6, 6.07) is 3.00. The van der Waals surface area contributed by atoms with Crippen LogP contribution in [0.1, 0.15) is 12.7 Å². The minimum atomic E-state index is -3.59. The molecule has 21 heavy (non-hydrogen) atoms. The highest BCUT2D eigenvalue weighted by atomic mass is 32.2. The van der Waals surface area contributed by atoms with Gasteiger partial charge in [0.15, 0.2) is 0 Å². The molecule has 1 fully saturated rings. The highest BCUT2D eigenvalue weighted by Crippen LogP contribution is 2.22. The average molecular weight is 318 g/mol. The van der Waals surface area contributed by atoms with E-state index >= 15 is 0 Å². The maximum atomic E-state index is 12.5. The van der Waals surface area contributed by atoms with E-state index < -0.39 is 10.0 Å². The zero-order valence-electron chi connectivity index (χ0n) is 12.4. The van der Waals surface area contributed by atoms with Gasteiger partial charge in [0.25, 0.3) is 10.0 Å². The van der Waals surface area contributed by atoms with Gasteiger partial charge in [-0.15, -0.1) is 0 Å². The van der Waals surface area contributed by atoms with Crippen molar-refractivity contribution in [2.45, 2.75) is 24.6 Å². The zero-order chi connectivity index (χ0) is 15.3. The third kappa shape index (κ3) is 4.04. The van der Waals surface area contributed by atoms with Gasteiger partial charge in [-0.25, -0.2) is 8.42 Å². The summed E-state index contributed by atoms with van der Waals surface area (Å²) < 4.78 is 42.1. The SMILES string of the molecule is COCCNCc1ccc(S(=O)(=O)N2CCOCC2C)o1.